The number of hydrogen-bond donors (Lipinski definition) is 1. The second kappa shape index (κ2) is 8.70. The van der Waals surface area contributed by atoms with E-state index >= 15 is 0 Å². The van der Waals surface area contributed by atoms with E-state index in [1.54, 1.807) is 24.3 Å². The molecule has 1 amide bonds. The van der Waals surface area contributed by atoms with Gasteiger partial charge in [0.15, 0.2) is 0 Å². The van der Waals surface area contributed by atoms with Crippen LogP contribution in [0.25, 0.3) is 11.0 Å². The maximum atomic E-state index is 12.8. The topological polar surface area (TPSA) is 69.0 Å². The number of rotatable bonds is 5. The fourth-order valence-electron chi connectivity index (χ4n) is 3.25. The number of anilines is 1. The van der Waals surface area contributed by atoms with Crippen molar-refractivity contribution in [2.45, 2.75) is 19.0 Å². The lowest BCUT2D eigenvalue weighted by molar-refractivity contribution is -0.115. The lowest BCUT2D eigenvalue weighted by atomic mass is 10.1. The number of ether oxygens (including phenoxy) is 1. The lowest BCUT2D eigenvalue weighted by Gasteiger charge is -2.09. The number of alkyl halides is 3. The normalized spacial score (nSPS) is 14.0. The Morgan fingerprint density at radius 2 is 1.94 bits per heavy atom. The van der Waals surface area contributed by atoms with E-state index in [-0.39, 0.29) is 18.7 Å². The molecule has 9 heteroatoms. The highest BCUT2D eigenvalue weighted by Gasteiger charge is 2.31. The van der Waals surface area contributed by atoms with Crippen molar-refractivity contribution in [2.75, 3.05) is 5.32 Å². The summed E-state index contributed by atoms with van der Waals surface area (Å²) in [6.07, 6.45) is 3.95. The molecule has 1 N–H and O–H groups in total. The molecule has 0 saturated carbocycles. The minimum atomic E-state index is -4.41. The number of allylic oxidation sites excluding steroid dienone is 5. The van der Waals surface area contributed by atoms with Crippen LogP contribution in [-0.2, 0) is 11.8 Å². The summed E-state index contributed by atoms with van der Waals surface area (Å²) in [5.74, 6) is 0.643. The van der Waals surface area contributed by atoms with Gasteiger partial charge < -0.3 is 14.6 Å². The quantitative estimate of drug-likeness (QED) is 0.572. The van der Waals surface area contributed by atoms with Gasteiger partial charge in [0.1, 0.15) is 17.7 Å². The van der Waals surface area contributed by atoms with Crippen LogP contribution < -0.4 is 10.1 Å². The third-order valence-electron chi connectivity index (χ3n) is 4.87. The maximum absolute atomic E-state index is 12.8. The number of fused-ring (bicyclic) bond motifs is 1. The predicted molar refractivity (Wildman–Crippen MR) is 114 cm³/mol. The zero-order chi connectivity index (χ0) is 22.7. The SMILES string of the molecule is Cn1ccc2c(Oc3ccc(NC(=O)CC4=CC=C(C(F)(F)F)C=CC4)cc3)ncnc21. The predicted octanol–water partition coefficient (Wildman–Crippen LogP) is 5.46. The highest BCUT2D eigenvalue weighted by atomic mass is 19.4. The summed E-state index contributed by atoms with van der Waals surface area (Å²) >= 11 is 0. The molecule has 0 fully saturated rings. The molecule has 2 aromatic heterocycles. The number of amides is 1. The molecule has 0 unspecified atom stereocenters. The van der Waals surface area contributed by atoms with E-state index in [9.17, 15) is 18.0 Å². The average molecular weight is 440 g/mol. The number of carbonyl (C=O) groups excluding carboxylic acids is 1. The Labute approximate surface area is 181 Å². The van der Waals surface area contributed by atoms with Gasteiger partial charge in [-0.3, -0.25) is 4.79 Å². The van der Waals surface area contributed by atoms with Gasteiger partial charge in [-0.05, 0) is 36.8 Å². The summed E-state index contributed by atoms with van der Waals surface area (Å²) in [6.45, 7) is 0. The van der Waals surface area contributed by atoms with Crippen LogP contribution in [0.3, 0.4) is 0 Å². The molecule has 0 atom stereocenters. The number of hydrogen-bond acceptors (Lipinski definition) is 4. The van der Waals surface area contributed by atoms with Crippen molar-refractivity contribution in [1.29, 1.82) is 0 Å². The molecular formula is C23H19F3N4O2. The number of nitrogens with zero attached hydrogens (tertiary/aromatic N) is 3. The molecule has 0 spiro atoms. The summed E-state index contributed by atoms with van der Waals surface area (Å²) in [6, 6.07) is 8.61. The van der Waals surface area contributed by atoms with Gasteiger partial charge in [0.2, 0.25) is 11.8 Å². The van der Waals surface area contributed by atoms with Crippen LogP contribution in [0.4, 0.5) is 18.9 Å². The fourth-order valence-corrected chi connectivity index (χ4v) is 3.25. The Kier molecular flexibility index (Phi) is 5.81. The van der Waals surface area contributed by atoms with Crippen LogP contribution >= 0.6 is 0 Å². The van der Waals surface area contributed by atoms with Crippen LogP contribution in [0.5, 0.6) is 11.6 Å². The molecular weight excluding hydrogens is 421 g/mol. The molecule has 1 aliphatic carbocycles. The molecule has 6 nitrogen and oxygen atoms in total. The van der Waals surface area contributed by atoms with E-state index in [1.165, 1.54) is 18.5 Å². The first kappa shape index (κ1) is 21.4. The summed E-state index contributed by atoms with van der Waals surface area (Å²) in [7, 11) is 1.88. The molecule has 32 heavy (non-hydrogen) atoms. The maximum Gasteiger partial charge on any atom is 0.416 e. The van der Waals surface area contributed by atoms with Crippen molar-refractivity contribution in [2.24, 2.45) is 7.05 Å². The standard InChI is InChI=1S/C23H19F3N4O2/c1-30-12-11-19-21(30)27-14-28-22(19)32-18-9-7-17(8-10-18)29-20(31)13-15-3-2-4-16(6-5-15)23(24,25)26/h2,4-12,14H,3,13H2,1H3,(H,29,31). The van der Waals surface area contributed by atoms with E-state index < -0.39 is 11.7 Å². The highest BCUT2D eigenvalue weighted by molar-refractivity contribution is 5.92. The van der Waals surface area contributed by atoms with Gasteiger partial charge in [-0.1, -0.05) is 29.9 Å². The largest absolute Gasteiger partial charge is 0.438 e. The Hall–Kier alpha value is -3.88. The summed E-state index contributed by atoms with van der Waals surface area (Å²) < 4.78 is 46.1. The first-order valence-electron chi connectivity index (χ1n) is 9.77. The number of carbonyl (C=O) groups is 1. The van der Waals surface area contributed by atoms with Crippen LogP contribution in [0.1, 0.15) is 12.8 Å². The Bertz CT molecular complexity index is 1240. The van der Waals surface area contributed by atoms with Gasteiger partial charge in [0.25, 0.3) is 0 Å². The Morgan fingerprint density at radius 3 is 2.69 bits per heavy atom. The monoisotopic (exact) mass is 440 g/mol. The fraction of sp³-hybridized carbons (Fsp3) is 0.174. The zero-order valence-electron chi connectivity index (χ0n) is 17.1. The molecule has 1 aliphatic rings. The van der Waals surface area contributed by atoms with Gasteiger partial charge in [-0.15, -0.1) is 0 Å². The van der Waals surface area contributed by atoms with E-state index in [4.69, 9.17) is 4.74 Å². The first-order valence-corrected chi connectivity index (χ1v) is 9.77. The van der Waals surface area contributed by atoms with Crippen molar-refractivity contribution < 1.29 is 22.7 Å². The number of benzene rings is 1. The number of aryl methyl sites for hydroxylation is 1. The van der Waals surface area contributed by atoms with E-state index in [2.05, 4.69) is 15.3 Å². The minimum Gasteiger partial charge on any atom is -0.438 e. The minimum absolute atomic E-state index is 0.00282. The average Bonchev–Trinajstić information content (AvgIpc) is 2.96. The number of aromatic nitrogens is 3. The molecule has 0 bridgehead atoms. The zero-order valence-corrected chi connectivity index (χ0v) is 17.1. The van der Waals surface area contributed by atoms with Crippen LogP contribution in [-0.4, -0.2) is 26.6 Å². The highest BCUT2D eigenvalue weighted by Crippen LogP contribution is 2.30. The van der Waals surface area contributed by atoms with Crippen molar-refractivity contribution in [3.8, 4) is 11.6 Å². The number of halogens is 3. The summed E-state index contributed by atoms with van der Waals surface area (Å²) in [5, 5.41) is 3.52. The summed E-state index contributed by atoms with van der Waals surface area (Å²) in [4.78, 5) is 20.7. The number of nitrogens with one attached hydrogen (secondary N) is 1. The molecule has 2 heterocycles. The van der Waals surface area contributed by atoms with Gasteiger partial charge >= 0.3 is 6.18 Å². The van der Waals surface area contributed by atoms with Crippen molar-refractivity contribution in [3.05, 3.63) is 78.3 Å². The second-order valence-corrected chi connectivity index (χ2v) is 7.25. The van der Waals surface area contributed by atoms with Crippen molar-refractivity contribution in [3.63, 3.8) is 0 Å². The lowest BCUT2D eigenvalue weighted by Crippen LogP contribution is -2.12. The van der Waals surface area contributed by atoms with E-state index in [0.717, 1.165) is 23.2 Å². The Balaban J connectivity index is 1.38. The van der Waals surface area contributed by atoms with Gasteiger partial charge in [-0.2, -0.15) is 13.2 Å². The first-order chi connectivity index (χ1) is 15.3. The van der Waals surface area contributed by atoms with Crippen LogP contribution in [0, 0.1) is 0 Å². The smallest absolute Gasteiger partial charge is 0.416 e. The molecule has 0 aliphatic heterocycles. The summed E-state index contributed by atoms with van der Waals surface area (Å²) in [5.41, 5.74) is 1.15. The van der Waals surface area contributed by atoms with Crippen molar-refractivity contribution >= 4 is 22.6 Å². The van der Waals surface area contributed by atoms with Crippen LogP contribution in [0.2, 0.25) is 0 Å². The third kappa shape index (κ3) is 4.88. The van der Waals surface area contributed by atoms with Gasteiger partial charge in [-0.25, -0.2) is 9.97 Å². The molecule has 1 aromatic carbocycles. The molecule has 4 rings (SSSR count). The van der Waals surface area contributed by atoms with Gasteiger partial charge in [0.05, 0.1) is 11.0 Å². The molecule has 164 valence electrons. The van der Waals surface area contributed by atoms with Crippen LogP contribution in [0.15, 0.2) is 78.3 Å². The van der Waals surface area contributed by atoms with E-state index in [1.807, 2.05) is 23.9 Å². The van der Waals surface area contributed by atoms with Gasteiger partial charge in [0, 0.05) is 25.4 Å². The third-order valence-corrected chi connectivity index (χ3v) is 4.87. The van der Waals surface area contributed by atoms with E-state index in [0.29, 0.717) is 22.9 Å². The Morgan fingerprint density at radius 1 is 1.16 bits per heavy atom. The molecule has 0 saturated heterocycles. The van der Waals surface area contributed by atoms with Crippen molar-refractivity contribution in [1.82, 2.24) is 14.5 Å². The molecule has 3 aromatic rings. The molecule has 0 radical (unpaired) electrons. The second-order valence-electron chi connectivity index (χ2n) is 7.25.